The van der Waals surface area contributed by atoms with Crippen molar-refractivity contribution in [1.29, 1.82) is 0 Å². The Kier molecular flexibility index (Phi) is 3.94. The standard InChI is InChI=1S/C14H12ClF2N/c1-18-8-10-3-2-9(6-13(10)16)12-5-4-11(15)7-14(12)17/h2-7,18H,8H2,1H3. The molecule has 2 rings (SSSR count). The van der Waals surface area contributed by atoms with Gasteiger partial charge in [-0.25, -0.2) is 8.78 Å². The first-order valence-corrected chi connectivity index (χ1v) is 5.88. The molecule has 0 spiro atoms. The maximum atomic E-state index is 13.7. The quantitative estimate of drug-likeness (QED) is 0.886. The van der Waals surface area contributed by atoms with Crippen molar-refractivity contribution in [1.82, 2.24) is 5.32 Å². The normalized spacial score (nSPS) is 10.7. The van der Waals surface area contributed by atoms with Gasteiger partial charge in [-0.15, -0.1) is 0 Å². The van der Waals surface area contributed by atoms with Crippen LogP contribution in [0.4, 0.5) is 8.78 Å². The van der Waals surface area contributed by atoms with Crippen LogP contribution in [-0.4, -0.2) is 7.05 Å². The molecule has 0 aliphatic heterocycles. The maximum absolute atomic E-state index is 13.7. The molecule has 94 valence electrons. The van der Waals surface area contributed by atoms with Crippen molar-refractivity contribution in [2.45, 2.75) is 6.54 Å². The molecule has 0 aromatic heterocycles. The molecule has 0 saturated heterocycles. The summed E-state index contributed by atoms with van der Waals surface area (Å²) in [7, 11) is 1.74. The smallest absolute Gasteiger partial charge is 0.132 e. The molecule has 0 amide bonds. The molecule has 0 aliphatic rings. The highest BCUT2D eigenvalue weighted by atomic mass is 35.5. The predicted octanol–water partition coefficient (Wildman–Crippen LogP) is 4.00. The van der Waals surface area contributed by atoms with Gasteiger partial charge in [0.15, 0.2) is 0 Å². The van der Waals surface area contributed by atoms with Gasteiger partial charge in [-0.1, -0.05) is 23.7 Å². The third-order valence-corrected chi connectivity index (χ3v) is 2.90. The molecule has 0 radical (unpaired) electrons. The van der Waals surface area contributed by atoms with Gasteiger partial charge in [0.05, 0.1) is 0 Å². The van der Waals surface area contributed by atoms with Crippen molar-refractivity contribution in [3.63, 3.8) is 0 Å². The van der Waals surface area contributed by atoms with E-state index in [0.29, 0.717) is 28.3 Å². The first-order chi connectivity index (χ1) is 8.61. The average Bonchev–Trinajstić information content (AvgIpc) is 2.32. The first kappa shape index (κ1) is 13.0. The Labute approximate surface area is 109 Å². The minimum Gasteiger partial charge on any atom is -0.316 e. The fraction of sp³-hybridized carbons (Fsp3) is 0.143. The van der Waals surface area contributed by atoms with Crippen LogP contribution in [0.2, 0.25) is 5.02 Å². The molecule has 0 atom stereocenters. The zero-order valence-electron chi connectivity index (χ0n) is 9.81. The number of rotatable bonds is 3. The van der Waals surface area contributed by atoms with Crippen LogP contribution in [0.25, 0.3) is 11.1 Å². The van der Waals surface area contributed by atoms with Gasteiger partial charge in [0.25, 0.3) is 0 Å². The van der Waals surface area contributed by atoms with E-state index < -0.39 is 5.82 Å². The van der Waals surface area contributed by atoms with E-state index in [1.807, 2.05) is 0 Å². The Morgan fingerprint density at radius 1 is 1.06 bits per heavy atom. The zero-order valence-corrected chi connectivity index (χ0v) is 10.6. The molecule has 1 N–H and O–H groups in total. The van der Waals surface area contributed by atoms with Crippen molar-refractivity contribution in [2.75, 3.05) is 7.05 Å². The predicted molar refractivity (Wildman–Crippen MR) is 69.6 cm³/mol. The second kappa shape index (κ2) is 5.46. The molecule has 0 fully saturated rings. The van der Waals surface area contributed by atoms with Crippen molar-refractivity contribution in [2.24, 2.45) is 0 Å². The molecular weight excluding hydrogens is 256 g/mol. The van der Waals surface area contributed by atoms with Gasteiger partial charge >= 0.3 is 0 Å². The summed E-state index contributed by atoms with van der Waals surface area (Å²) in [6.07, 6.45) is 0. The van der Waals surface area contributed by atoms with Crippen LogP contribution >= 0.6 is 11.6 Å². The van der Waals surface area contributed by atoms with E-state index in [1.54, 1.807) is 31.3 Å². The molecule has 0 aliphatic carbocycles. The summed E-state index contributed by atoms with van der Waals surface area (Å²) < 4.78 is 27.4. The summed E-state index contributed by atoms with van der Waals surface area (Å²) in [5, 5.41) is 3.19. The van der Waals surface area contributed by atoms with Gasteiger partial charge in [-0.05, 0) is 36.9 Å². The van der Waals surface area contributed by atoms with E-state index in [1.165, 1.54) is 12.1 Å². The van der Waals surface area contributed by atoms with E-state index >= 15 is 0 Å². The Balaban J connectivity index is 2.42. The van der Waals surface area contributed by atoms with Gasteiger partial charge < -0.3 is 5.32 Å². The third-order valence-electron chi connectivity index (χ3n) is 2.66. The Hall–Kier alpha value is -1.45. The molecular formula is C14H12ClF2N. The van der Waals surface area contributed by atoms with Crippen LogP contribution in [0, 0.1) is 11.6 Å². The summed E-state index contributed by atoms with van der Waals surface area (Å²) in [4.78, 5) is 0. The number of halogens is 3. The first-order valence-electron chi connectivity index (χ1n) is 5.50. The van der Waals surface area contributed by atoms with Crippen LogP contribution in [-0.2, 0) is 6.54 Å². The molecule has 2 aromatic carbocycles. The van der Waals surface area contributed by atoms with Crippen LogP contribution in [0.1, 0.15) is 5.56 Å². The van der Waals surface area contributed by atoms with Crippen molar-refractivity contribution >= 4 is 11.6 Å². The van der Waals surface area contributed by atoms with Crippen molar-refractivity contribution in [3.05, 3.63) is 58.6 Å². The van der Waals surface area contributed by atoms with E-state index in [4.69, 9.17) is 11.6 Å². The van der Waals surface area contributed by atoms with E-state index in [2.05, 4.69) is 5.32 Å². The van der Waals surface area contributed by atoms with E-state index in [9.17, 15) is 8.78 Å². The number of hydrogen-bond acceptors (Lipinski definition) is 1. The van der Waals surface area contributed by atoms with Gasteiger partial charge in [0.1, 0.15) is 11.6 Å². The molecule has 18 heavy (non-hydrogen) atoms. The topological polar surface area (TPSA) is 12.0 Å². The third kappa shape index (κ3) is 2.68. The second-order valence-electron chi connectivity index (χ2n) is 3.96. The van der Waals surface area contributed by atoms with Crippen LogP contribution < -0.4 is 5.32 Å². The lowest BCUT2D eigenvalue weighted by Gasteiger charge is -2.07. The van der Waals surface area contributed by atoms with Gasteiger partial charge in [-0.3, -0.25) is 0 Å². The lowest BCUT2D eigenvalue weighted by atomic mass is 10.0. The molecule has 2 aromatic rings. The Morgan fingerprint density at radius 3 is 2.44 bits per heavy atom. The van der Waals surface area contributed by atoms with Gasteiger partial charge in [0.2, 0.25) is 0 Å². The maximum Gasteiger partial charge on any atom is 0.132 e. The minimum absolute atomic E-state index is 0.323. The van der Waals surface area contributed by atoms with Gasteiger partial charge in [-0.2, -0.15) is 0 Å². The highest BCUT2D eigenvalue weighted by molar-refractivity contribution is 6.30. The van der Waals surface area contributed by atoms with Crippen LogP contribution in [0.5, 0.6) is 0 Å². The summed E-state index contributed by atoms with van der Waals surface area (Å²) >= 11 is 5.68. The summed E-state index contributed by atoms with van der Waals surface area (Å²) in [6, 6.07) is 9.02. The second-order valence-corrected chi connectivity index (χ2v) is 4.40. The van der Waals surface area contributed by atoms with Gasteiger partial charge in [0, 0.05) is 22.7 Å². The van der Waals surface area contributed by atoms with Crippen molar-refractivity contribution < 1.29 is 8.78 Å². The lowest BCUT2D eigenvalue weighted by Crippen LogP contribution is -2.06. The molecule has 0 heterocycles. The van der Waals surface area contributed by atoms with E-state index in [0.717, 1.165) is 0 Å². The number of nitrogens with one attached hydrogen (secondary N) is 1. The van der Waals surface area contributed by atoms with Crippen LogP contribution in [0.15, 0.2) is 36.4 Å². The highest BCUT2D eigenvalue weighted by Crippen LogP contribution is 2.26. The Morgan fingerprint density at radius 2 is 1.83 bits per heavy atom. The van der Waals surface area contributed by atoms with Crippen LogP contribution in [0.3, 0.4) is 0 Å². The zero-order chi connectivity index (χ0) is 13.1. The summed E-state index contributed by atoms with van der Waals surface area (Å²) in [6.45, 7) is 0.440. The number of benzene rings is 2. The fourth-order valence-corrected chi connectivity index (χ4v) is 1.93. The SMILES string of the molecule is CNCc1ccc(-c2ccc(Cl)cc2F)cc1F. The van der Waals surface area contributed by atoms with E-state index in [-0.39, 0.29) is 5.82 Å². The lowest BCUT2D eigenvalue weighted by molar-refractivity contribution is 0.600. The monoisotopic (exact) mass is 267 g/mol. The fourth-order valence-electron chi connectivity index (χ4n) is 1.77. The number of hydrogen-bond donors (Lipinski definition) is 1. The highest BCUT2D eigenvalue weighted by Gasteiger charge is 2.08. The van der Waals surface area contributed by atoms with Crippen molar-refractivity contribution in [3.8, 4) is 11.1 Å². The minimum atomic E-state index is -0.455. The molecule has 4 heteroatoms. The summed E-state index contributed by atoms with van der Waals surface area (Å²) in [5.74, 6) is -0.806. The largest absolute Gasteiger partial charge is 0.316 e. The Bertz CT molecular complexity index is 570. The molecule has 0 unspecified atom stereocenters. The molecule has 1 nitrogen and oxygen atoms in total. The molecule has 0 bridgehead atoms. The molecule has 0 saturated carbocycles. The summed E-state index contributed by atoms with van der Waals surface area (Å²) in [5.41, 5.74) is 1.39. The average molecular weight is 268 g/mol.